The summed E-state index contributed by atoms with van der Waals surface area (Å²) >= 11 is 0. The number of hydrogen-bond acceptors (Lipinski definition) is 1. The zero-order valence-corrected chi connectivity index (χ0v) is 11.3. The molecule has 0 bridgehead atoms. The van der Waals surface area contributed by atoms with E-state index in [1.807, 2.05) is 0 Å². The first-order valence-electron chi connectivity index (χ1n) is 6.58. The van der Waals surface area contributed by atoms with Crippen molar-refractivity contribution in [3.8, 4) is 0 Å². The van der Waals surface area contributed by atoms with Crippen molar-refractivity contribution in [1.82, 2.24) is 4.90 Å². The molecule has 1 amide bonds. The van der Waals surface area contributed by atoms with Crippen LogP contribution in [0.5, 0.6) is 0 Å². The summed E-state index contributed by atoms with van der Waals surface area (Å²) in [6.45, 7) is 0.302. The van der Waals surface area contributed by atoms with E-state index < -0.39 is 36.7 Å². The van der Waals surface area contributed by atoms with Gasteiger partial charge < -0.3 is 4.90 Å². The van der Waals surface area contributed by atoms with Crippen LogP contribution < -0.4 is 0 Å². The topological polar surface area (TPSA) is 20.3 Å². The molecular weight excluding hydrogens is 312 g/mol. The van der Waals surface area contributed by atoms with E-state index in [0.29, 0.717) is 5.56 Å². The molecule has 1 aliphatic rings. The summed E-state index contributed by atoms with van der Waals surface area (Å²) in [4.78, 5) is 12.8. The third-order valence-corrected chi connectivity index (χ3v) is 3.54. The lowest BCUT2D eigenvalue weighted by Gasteiger charge is -2.40. The van der Waals surface area contributed by atoms with Gasteiger partial charge in [-0.25, -0.2) is 0 Å². The van der Waals surface area contributed by atoms with E-state index in [2.05, 4.69) is 0 Å². The van der Waals surface area contributed by atoms with Gasteiger partial charge in [-0.1, -0.05) is 18.2 Å². The molecule has 122 valence electrons. The second-order valence-corrected chi connectivity index (χ2v) is 5.23. The Morgan fingerprint density at radius 1 is 1.14 bits per heavy atom. The maximum atomic E-state index is 12.6. The Kier molecular flexibility index (Phi) is 4.39. The summed E-state index contributed by atoms with van der Waals surface area (Å²) in [5.41, 5.74) is -0.332. The van der Waals surface area contributed by atoms with E-state index in [9.17, 15) is 31.1 Å². The normalized spacial score (nSPS) is 16.5. The van der Waals surface area contributed by atoms with Gasteiger partial charge in [0.15, 0.2) is 0 Å². The minimum absolute atomic E-state index is 0.151. The Morgan fingerprint density at radius 2 is 1.77 bits per heavy atom. The first kappa shape index (κ1) is 16.6. The van der Waals surface area contributed by atoms with Crippen LogP contribution in [-0.4, -0.2) is 30.1 Å². The predicted molar refractivity (Wildman–Crippen MR) is 66.1 cm³/mol. The summed E-state index contributed by atoms with van der Waals surface area (Å²) < 4.78 is 73.9. The van der Waals surface area contributed by atoms with Crippen LogP contribution in [0, 0.1) is 0 Å². The highest BCUT2D eigenvalue weighted by Gasteiger charge is 2.36. The molecular formula is C14H13F6NO. The van der Waals surface area contributed by atoms with E-state index >= 15 is 0 Å². The summed E-state index contributed by atoms with van der Waals surface area (Å²) in [5.74, 6) is -0.891. The molecule has 0 unspecified atom stereocenters. The fourth-order valence-electron chi connectivity index (χ4n) is 2.27. The average Bonchev–Trinajstić information content (AvgIpc) is 2.33. The van der Waals surface area contributed by atoms with Crippen molar-refractivity contribution in [3.05, 3.63) is 35.4 Å². The van der Waals surface area contributed by atoms with Gasteiger partial charge in [-0.05, 0) is 11.6 Å². The molecule has 1 aromatic carbocycles. The lowest BCUT2D eigenvalue weighted by Crippen LogP contribution is -2.48. The highest BCUT2D eigenvalue weighted by molar-refractivity contribution is 5.77. The molecule has 1 fully saturated rings. The van der Waals surface area contributed by atoms with Crippen LogP contribution in [0.15, 0.2) is 24.3 Å². The van der Waals surface area contributed by atoms with Gasteiger partial charge in [-0.2, -0.15) is 26.3 Å². The van der Waals surface area contributed by atoms with Gasteiger partial charge in [0, 0.05) is 25.4 Å². The number of nitrogens with zero attached hydrogens (tertiary/aromatic N) is 1. The molecule has 8 heteroatoms. The van der Waals surface area contributed by atoms with E-state index in [1.54, 1.807) is 0 Å². The number of alkyl halides is 6. The van der Waals surface area contributed by atoms with Gasteiger partial charge in [0.1, 0.15) is 0 Å². The van der Waals surface area contributed by atoms with E-state index in [0.717, 1.165) is 12.1 Å². The number of carbonyl (C=O) groups excluding carboxylic acids is 1. The first-order chi connectivity index (χ1) is 10.1. The molecule has 2 rings (SSSR count). The Morgan fingerprint density at radius 3 is 2.32 bits per heavy atom. The number of benzene rings is 1. The van der Waals surface area contributed by atoms with Gasteiger partial charge in [0.25, 0.3) is 0 Å². The highest BCUT2D eigenvalue weighted by Crippen LogP contribution is 2.34. The zero-order valence-electron chi connectivity index (χ0n) is 11.3. The molecule has 0 N–H and O–H groups in total. The first-order valence-corrected chi connectivity index (χ1v) is 6.58. The number of rotatable bonds is 3. The molecule has 0 aliphatic carbocycles. The molecule has 1 heterocycles. The van der Waals surface area contributed by atoms with Crippen molar-refractivity contribution in [2.24, 2.45) is 0 Å². The largest absolute Gasteiger partial charge is 0.416 e. The van der Waals surface area contributed by atoms with Gasteiger partial charge >= 0.3 is 12.4 Å². The molecule has 1 saturated heterocycles. The Hall–Kier alpha value is -1.73. The van der Waals surface area contributed by atoms with Gasteiger partial charge in [0.05, 0.1) is 12.0 Å². The zero-order chi connectivity index (χ0) is 16.5. The summed E-state index contributed by atoms with van der Waals surface area (Å²) in [6, 6.07) is 4.78. The van der Waals surface area contributed by atoms with Crippen molar-refractivity contribution in [1.29, 1.82) is 0 Å². The van der Waals surface area contributed by atoms with E-state index in [-0.39, 0.29) is 19.0 Å². The van der Waals surface area contributed by atoms with Crippen LogP contribution in [0.3, 0.4) is 0 Å². The van der Waals surface area contributed by atoms with Crippen LogP contribution in [0.2, 0.25) is 0 Å². The molecule has 0 saturated carbocycles. The second kappa shape index (κ2) is 5.81. The third kappa shape index (κ3) is 4.14. The van der Waals surface area contributed by atoms with Crippen LogP contribution in [0.4, 0.5) is 26.3 Å². The van der Waals surface area contributed by atoms with E-state index in [4.69, 9.17) is 0 Å². The number of halogens is 6. The molecule has 2 nitrogen and oxygen atoms in total. The smallest absolute Gasteiger partial charge is 0.341 e. The van der Waals surface area contributed by atoms with Crippen molar-refractivity contribution in [2.75, 3.05) is 13.1 Å². The number of hydrogen-bond donors (Lipinski definition) is 0. The molecule has 0 atom stereocenters. The summed E-state index contributed by atoms with van der Waals surface area (Å²) in [7, 11) is 0. The molecule has 0 radical (unpaired) electrons. The monoisotopic (exact) mass is 325 g/mol. The Labute approximate surface area is 122 Å². The highest BCUT2D eigenvalue weighted by atomic mass is 19.4. The quantitative estimate of drug-likeness (QED) is 0.770. The SMILES string of the molecule is O=C(CCC(F)(F)F)N1CC(c2cccc(C(F)(F)F)c2)C1. The lowest BCUT2D eigenvalue weighted by molar-refractivity contribution is -0.151. The van der Waals surface area contributed by atoms with Crippen LogP contribution in [-0.2, 0) is 11.0 Å². The number of likely N-dealkylation sites (tertiary alicyclic amines) is 1. The number of carbonyl (C=O) groups is 1. The predicted octanol–water partition coefficient (Wildman–Crippen LogP) is 3.97. The molecule has 22 heavy (non-hydrogen) atoms. The van der Waals surface area contributed by atoms with E-state index in [1.165, 1.54) is 17.0 Å². The van der Waals surface area contributed by atoms with Crippen molar-refractivity contribution in [3.63, 3.8) is 0 Å². The fraction of sp³-hybridized carbons (Fsp3) is 0.500. The van der Waals surface area contributed by atoms with Crippen LogP contribution in [0.25, 0.3) is 0 Å². The molecule has 1 aromatic rings. The maximum Gasteiger partial charge on any atom is 0.416 e. The fourth-order valence-corrected chi connectivity index (χ4v) is 2.27. The van der Waals surface area contributed by atoms with Crippen LogP contribution >= 0.6 is 0 Å². The number of amides is 1. The summed E-state index contributed by atoms with van der Waals surface area (Å²) in [6.07, 6.45) is -10.6. The molecule has 1 aliphatic heterocycles. The van der Waals surface area contributed by atoms with Gasteiger partial charge in [-0.15, -0.1) is 0 Å². The third-order valence-electron chi connectivity index (χ3n) is 3.54. The Balaban J connectivity index is 1.90. The van der Waals surface area contributed by atoms with Crippen LogP contribution in [0.1, 0.15) is 29.9 Å². The maximum absolute atomic E-state index is 12.6. The molecule has 0 spiro atoms. The van der Waals surface area contributed by atoms with Crippen molar-refractivity contribution >= 4 is 5.91 Å². The van der Waals surface area contributed by atoms with Crippen molar-refractivity contribution in [2.45, 2.75) is 31.1 Å². The minimum Gasteiger partial charge on any atom is -0.341 e. The Bertz CT molecular complexity index is 545. The van der Waals surface area contributed by atoms with Gasteiger partial charge in [-0.3, -0.25) is 4.79 Å². The van der Waals surface area contributed by atoms with Gasteiger partial charge in [0.2, 0.25) is 5.91 Å². The average molecular weight is 325 g/mol. The molecule has 0 aromatic heterocycles. The minimum atomic E-state index is -4.44. The standard InChI is InChI=1S/C14H13F6NO/c15-13(16,17)5-4-12(22)21-7-10(8-21)9-2-1-3-11(6-9)14(18,19)20/h1-3,6,10H,4-5,7-8H2. The summed E-state index contributed by atoms with van der Waals surface area (Å²) in [5, 5.41) is 0. The van der Waals surface area contributed by atoms with Crippen molar-refractivity contribution < 1.29 is 31.1 Å². The second-order valence-electron chi connectivity index (χ2n) is 5.23. The lowest BCUT2D eigenvalue weighted by atomic mass is 9.90.